The summed E-state index contributed by atoms with van der Waals surface area (Å²) in [5.74, 6) is -0.811. The maximum absolute atomic E-state index is 12.4. The molecule has 0 fully saturated rings. The lowest BCUT2D eigenvalue weighted by atomic mass is 10.1. The molecule has 0 rings (SSSR count). The molecule has 1 N–H and O–H groups in total. The molecule has 0 spiro atoms. The van der Waals surface area contributed by atoms with Crippen LogP contribution in [0.15, 0.2) is 24.3 Å². The van der Waals surface area contributed by atoms with Gasteiger partial charge in [-0.15, -0.1) is 0 Å². The third-order valence-corrected chi connectivity index (χ3v) is 6.41. The van der Waals surface area contributed by atoms with Crippen molar-refractivity contribution in [3.05, 3.63) is 24.3 Å². The molecule has 0 radical (unpaired) electrons. The lowest BCUT2D eigenvalue weighted by molar-refractivity contribution is -0.147. The van der Waals surface area contributed by atoms with E-state index in [9.17, 15) is 9.59 Å². The van der Waals surface area contributed by atoms with Gasteiger partial charge in [0.2, 0.25) is 0 Å². The van der Waals surface area contributed by atoms with Gasteiger partial charge in [0.05, 0.1) is 0 Å². The minimum Gasteiger partial charge on any atom is -0.481 e. The molecule has 35 heavy (non-hydrogen) atoms. The summed E-state index contributed by atoms with van der Waals surface area (Å²) in [6.45, 7) is 4.48. The van der Waals surface area contributed by atoms with Gasteiger partial charge < -0.3 is 9.84 Å². The molecule has 0 aliphatic rings. The van der Waals surface area contributed by atoms with E-state index in [1.54, 1.807) is 0 Å². The second-order valence-electron chi connectivity index (χ2n) is 9.94. The van der Waals surface area contributed by atoms with E-state index >= 15 is 0 Å². The van der Waals surface area contributed by atoms with Crippen molar-refractivity contribution in [3.8, 4) is 0 Å². The van der Waals surface area contributed by atoms with Crippen LogP contribution in [0, 0.1) is 0 Å². The van der Waals surface area contributed by atoms with E-state index in [0.29, 0.717) is 6.42 Å². The highest BCUT2D eigenvalue weighted by molar-refractivity contribution is 5.69. The Hall–Kier alpha value is -1.58. The summed E-state index contributed by atoms with van der Waals surface area (Å²) in [5.41, 5.74) is 0. The minimum atomic E-state index is -0.727. The van der Waals surface area contributed by atoms with Gasteiger partial charge in [0, 0.05) is 12.8 Å². The number of unbranched alkanes of at least 4 members (excludes halogenated alkanes) is 15. The highest BCUT2D eigenvalue weighted by Crippen LogP contribution is 2.14. The first-order valence-corrected chi connectivity index (χ1v) is 14.8. The SMILES string of the molecule is CCCCCC/C=C\C/C=C\C(CCCCCCC(=O)O)OC(=O)CCCCCCCCCCC. The van der Waals surface area contributed by atoms with E-state index in [1.807, 2.05) is 6.08 Å². The van der Waals surface area contributed by atoms with Gasteiger partial charge in [0.15, 0.2) is 0 Å². The molecule has 0 aliphatic heterocycles. The number of hydrogen-bond acceptors (Lipinski definition) is 3. The third-order valence-electron chi connectivity index (χ3n) is 6.41. The number of aliphatic carboxylic acids is 1. The zero-order valence-corrected chi connectivity index (χ0v) is 23.1. The Bertz CT molecular complexity index is 538. The zero-order chi connectivity index (χ0) is 25.8. The molecule has 4 heteroatoms. The smallest absolute Gasteiger partial charge is 0.306 e. The Morgan fingerprint density at radius 2 is 1.20 bits per heavy atom. The number of ether oxygens (including phenoxy) is 1. The number of carboxylic acids is 1. The molecular formula is C31H56O4. The van der Waals surface area contributed by atoms with Gasteiger partial charge in [0.1, 0.15) is 6.10 Å². The predicted molar refractivity (Wildman–Crippen MR) is 149 cm³/mol. The van der Waals surface area contributed by atoms with Crippen molar-refractivity contribution >= 4 is 11.9 Å². The molecule has 0 heterocycles. The molecule has 1 unspecified atom stereocenters. The Labute approximate surface area is 217 Å². The largest absolute Gasteiger partial charge is 0.481 e. The molecule has 204 valence electrons. The fraction of sp³-hybridized carbons (Fsp3) is 0.806. The van der Waals surface area contributed by atoms with Crippen molar-refractivity contribution in [1.29, 1.82) is 0 Å². The standard InChI is InChI=1S/C31H56O4/c1-3-5-7-9-11-13-15-17-21-25-29(26-22-19-20-23-27-30(32)33)35-31(34)28-24-18-16-14-12-10-8-6-4-2/h13,15,21,25,29H,3-12,14,16-20,22-24,26-28H2,1-2H3,(H,32,33)/b15-13-,25-21-. The molecule has 0 aromatic rings. The van der Waals surface area contributed by atoms with Crippen LogP contribution in [0.25, 0.3) is 0 Å². The van der Waals surface area contributed by atoms with E-state index in [1.165, 1.54) is 70.6 Å². The van der Waals surface area contributed by atoms with Crippen LogP contribution < -0.4 is 0 Å². The number of carbonyl (C=O) groups is 2. The predicted octanol–water partition coefficient (Wildman–Crippen LogP) is 9.72. The summed E-state index contributed by atoms with van der Waals surface area (Å²) in [4.78, 5) is 23.0. The van der Waals surface area contributed by atoms with Gasteiger partial charge in [0.25, 0.3) is 0 Å². The molecular weight excluding hydrogens is 436 g/mol. The molecule has 0 bridgehead atoms. The second kappa shape index (κ2) is 27.0. The van der Waals surface area contributed by atoms with E-state index in [0.717, 1.165) is 57.8 Å². The molecule has 0 aliphatic carbocycles. The van der Waals surface area contributed by atoms with Gasteiger partial charge in [-0.05, 0) is 51.0 Å². The summed E-state index contributed by atoms with van der Waals surface area (Å²) in [5, 5.41) is 8.76. The Kier molecular flexibility index (Phi) is 25.8. The molecule has 4 nitrogen and oxygen atoms in total. The van der Waals surface area contributed by atoms with Crippen LogP contribution in [-0.4, -0.2) is 23.1 Å². The molecule has 0 aromatic carbocycles. The number of esters is 1. The van der Waals surface area contributed by atoms with Crippen molar-refractivity contribution in [1.82, 2.24) is 0 Å². The van der Waals surface area contributed by atoms with Crippen molar-refractivity contribution in [2.24, 2.45) is 0 Å². The summed E-state index contributed by atoms with van der Waals surface area (Å²) in [7, 11) is 0. The monoisotopic (exact) mass is 492 g/mol. The van der Waals surface area contributed by atoms with Gasteiger partial charge >= 0.3 is 11.9 Å². The minimum absolute atomic E-state index is 0.0834. The zero-order valence-electron chi connectivity index (χ0n) is 23.1. The maximum atomic E-state index is 12.4. The maximum Gasteiger partial charge on any atom is 0.306 e. The van der Waals surface area contributed by atoms with Gasteiger partial charge in [-0.25, -0.2) is 0 Å². The highest BCUT2D eigenvalue weighted by atomic mass is 16.5. The van der Waals surface area contributed by atoms with Gasteiger partial charge in [-0.2, -0.15) is 0 Å². The number of carbonyl (C=O) groups excluding carboxylic acids is 1. The summed E-state index contributed by atoms with van der Waals surface area (Å²) in [6, 6.07) is 0. The van der Waals surface area contributed by atoms with Crippen LogP contribution in [0.5, 0.6) is 0 Å². The number of carboxylic acid groups (broad SMARTS) is 1. The van der Waals surface area contributed by atoms with Crippen LogP contribution in [0.2, 0.25) is 0 Å². The lowest BCUT2D eigenvalue weighted by Crippen LogP contribution is -2.16. The topological polar surface area (TPSA) is 63.6 Å². The van der Waals surface area contributed by atoms with Crippen LogP contribution in [-0.2, 0) is 14.3 Å². The summed E-state index contributed by atoms with van der Waals surface area (Å²) < 4.78 is 5.80. The number of hydrogen-bond donors (Lipinski definition) is 1. The van der Waals surface area contributed by atoms with Crippen molar-refractivity contribution in [2.75, 3.05) is 0 Å². The summed E-state index contributed by atoms with van der Waals surface area (Å²) in [6.07, 6.45) is 31.9. The number of allylic oxidation sites excluding steroid dienone is 3. The lowest BCUT2D eigenvalue weighted by Gasteiger charge is -2.14. The number of rotatable bonds is 26. The third kappa shape index (κ3) is 26.9. The first-order chi connectivity index (χ1) is 17.1. The fourth-order valence-electron chi connectivity index (χ4n) is 4.19. The fourth-order valence-corrected chi connectivity index (χ4v) is 4.19. The average Bonchev–Trinajstić information content (AvgIpc) is 2.83. The Morgan fingerprint density at radius 1 is 0.657 bits per heavy atom. The van der Waals surface area contributed by atoms with E-state index in [4.69, 9.17) is 9.84 Å². The molecule has 0 saturated heterocycles. The van der Waals surface area contributed by atoms with Gasteiger partial charge in [-0.1, -0.05) is 116 Å². The van der Waals surface area contributed by atoms with Crippen LogP contribution in [0.1, 0.15) is 155 Å². The van der Waals surface area contributed by atoms with Crippen molar-refractivity contribution in [3.63, 3.8) is 0 Å². The molecule has 0 amide bonds. The second-order valence-corrected chi connectivity index (χ2v) is 9.94. The van der Waals surface area contributed by atoms with E-state index in [-0.39, 0.29) is 18.5 Å². The average molecular weight is 493 g/mol. The summed E-state index contributed by atoms with van der Waals surface area (Å²) >= 11 is 0. The normalized spacial score (nSPS) is 12.5. The Balaban J connectivity index is 4.21. The van der Waals surface area contributed by atoms with E-state index < -0.39 is 5.97 Å². The quantitative estimate of drug-likeness (QED) is 0.0741. The first kappa shape index (κ1) is 33.4. The molecule has 1 atom stereocenters. The highest BCUT2D eigenvalue weighted by Gasteiger charge is 2.11. The van der Waals surface area contributed by atoms with Gasteiger partial charge in [-0.3, -0.25) is 9.59 Å². The van der Waals surface area contributed by atoms with Crippen LogP contribution in [0.4, 0.5) is 0 Å². The van der Waals surface area contributed by atoms with Crippen LogP contribution in [0.3, 0.4) is 0 Å². The van der Waals surface area contributed by atoms with E-state index in [2.05, 4.69) is 32.1 Å². The molecule has 0 aromatic heterocycles. The Morgan fingerprint density at radius 3 is 1.83 bits per heavy atom. The molecule has 0 saturated carbocycles. The van der Waals surface area contributed by atoms with Crippen LogP contribution >= 0.6 is 0 Å². The van der Waals surface area contributed by atoms with Crippen molar-refractivity contribution in [2.45, 2.75) is 161 Å². The first-order valence-electron chi connectivity index (χ1n) is 14.8. The van der Waals surface area contributed by atoms with Crippen molar-refractivity contribution < 1.29 is 19.4 Å².